The van der Waals surface area contributed by atoms with Crippen molar-refractivity contribution in [3.63, 3.8) is 0 Å². The first-order chi connectivity index (χ1) is 21.4. The molecule has 10 nitrogen and oxygen atoms in total. The van der Waals surface area contributed by atoms with Gasteiger partial charge in [0.25, 0.3) is 5.91 Å². The van der Waals surface area contributed by atoms with Crippen molar-refractivity contribution in [1.29, 1.82) is 0 Å². The van der Waals surface area contributed by atoms with Crippen molar-refractivity contribution in [3.8, 4) is 17.1 Å². The van der Waals surface area contributed by atoms with Crippen molar-refractivity contribution in [2.24, 2.45) is 5.92 Å². The van der Waals surface area contributed by atoms with E-state index in [1.54, 1.807) is 22.6 Å². The molecule has 2 aliphatic heterocycles. The molecule has 2 saturated carbocycles. The summed E-state index contributed by atoms with van der Waals surface area (Å²) in [5, 5.41) is 17.5. The fraction of sp³-hybridized carbons (Fsp3) is 0.677. The van der Waals surface area contributed by atoms with E-state index in [4.69, 9.17) is 9.47 Å². The van der Waals surface area contributed by atoms with Crippen molar-refractivity contribution < 1.29 is 41.7 Å². The molecule has 2 aromatic rings. The molecule has 246 valence electrons. The van der Waals surface area contributed by atoms with Gasteiger partial charge in [-0.15, -0.1) is 0 Å². The number of ether oxygens (including phenoxy) is 2. The van der Waals surface area contributed by atoms with Gasteiger partial charge in [0.1, 0.15) is 0 Å². The largest absolute Gasteiger partial charge is 0.481 e. The summed E-state index contributed by atoms with van der Waals surface area (Å²) in [5.74, 6) is -1.23. The zero-order valence-corrected chi connectivity index (χ0v) is 25.5. The van der Waals surface area contributed by atoms with E-state index in [1.807, 2.05) is 0 Å². The lowest BCUT2D eigenvalue weighted by Crippen LogP contribution is -2.54. The number of amides is 2. The van der Waals surface area contributed by atoms with E-state index in [2.05, 4.69) is 15.4 Å². The van der Waals surface area contributed by atoms with Crippen LogP contribution in [0.3, 0.4) is 0 Å². The van der Waals surface area contributed by atoms with Crippen molar-refractivity contribution in [3.05, 3.63) is 29.3 Å². The SMILES string of the molecule is COc1ncc(F)c(-c2cc(C(=O)N3CCC(C(=O)NC4CCC(O)(C(F)(F)F)CC4)CC34CC4)nn2C2CCCCO2)c1C. The average Bonchev–Trinajstić information content (AvgIpc) is 3.63. The second-order valence-corrected chi connectivity index (χ2v) is 13.0. The zero-order chi connectivity index (χ0) is 32.1. The lowest BCUT2D eigenvalue weighted by molar-refractivity contribution is -0.270. The minimum atomic E-state index is -4.70. The number of aromatic nitrogens is 3. The number of nitrogens with zero attached hydrogens (tertiary/aromatic N) is 4. The second kappa shape index (κ2) is 11.8. The molecule has 0 bridgehead atoms. The Morgan fingerprint density at radius 3 is 2.49 bits per heavy atom. The smallest absolute Gasteiger partial charge is 0.417 e. The van der Waals surface area contributed by atoms with Crippen molar-refractivity contribution in [1.82, 2.24) is 25.0 Å². The van der Waals surface area contributed by atoms with Gasteiger partial charge in [-0.25, -0.2) is 14.1 Å². The lowest BCUT2D eigenvalue weighted by atomic mass is 9.81. The molecular weight excluding hydrogens is 598 g/mol. The van der Waals surface area contributed by atoms with Crippen LogP contribution in [0.5, 0.6) is 5.88 Å². The van der Waals surface area contributed by atoms with E-state index < -0.39 is 48.2 Å². The van der Waals surface area contributed by atoms with Gasteiger partial charge in [0.15, 0.2) is 23.3 Å². The van der Waals surface area contributed by atoms with Gasteiger partial charge in [-0.2, -0.15) is 18.3 Å². The van der Waals surface area contributed by atoms with Crippen LogP contribution in [0.25, 0.3) is 11.3 Å². The number of nitrogens with one attached hydrogen (secondary N) is 1. The molecule has 0 radical (unpaired) electrons. The normalized spacial score (nSPS) is 28.2. The molecule has 2 aromatic heterocycles. The number of rotatable bonds is 6. The van der Waals surface area contributed by atoms with Gasteiger partial charge in [0.2, 0.25) is 11.8 Å². The van der Waals surface area contributed by atoms with Gasteiger partial charge >= 0.3 is 6.18 Å². The molecule has 4 heterocycles. The van der Waals surface area contributed by atoms with E-state index in [0.29, 0.717) is 43.7 Å². The van der Waals surface area contributed by atoms with Crippen LogP contribution in [-0.4, -0.2) is 80.2 Å². The Balaban J connectivity index is 1.18. The van der Waals surface area contributed by atoms with Crippen molar-refractivity contribution in [2.75, 3.05) is 20.3 Å². The summed E-state index contributed by atoms with van der Waals surface area (Å²) in [6.45, 7) is 2.54. The first kappa shape index (κ1) is 31.7. The van der Waals surface area contributed by atoms with Crippen LogP contribution in [0.2, 0.25) is 0 Å². The number of alkyl halides is 3. The summed E-state index contributed by atoms with van der Waals surface area (Å²) in [5.41, 5.74) is -1.96. The highest BCUT2D eigenvalue weighted by Gasteiger charge is 2.56. The van der Waals surface area contributed by atoms with Gasteiger partial charge in [-0.3, -0.25) is 9.59 Å². The van der Waals surface area contributed by atoms with Gasteiger partial charge in [0.05, 0.1) is 19.0 Å². The number of carbonyl (C=O) groups is 2. The molecule has 2 N–H and O–H groups in total. The van der Waals surface area contributed by atoms with E-state index in [-0.39, 0.29) is 47.7 Å². The second-order valence-electron chi connectivity index (χ2n) is 13.0. The standard InChI is InChI=1S/C31H39F4N5O5/c1-18-25(21(32)17-36-27(18)44-2)23-15-22(38-40(23)24-5-3-4-14-45-24)28(42)39-13-8-19(16-29(39)11-12-29)26(41)37-20-6-9-30(43,10-7-20)31(33,34)35/h15,17,19-20,24,43H,3-14,16H2,1-2H3,(H,37,41). The van der Waals surface area contributed by atoms with Crippen LogP contribution in [-0.2, 0) is 9.53 Å². The van der Waals surface area contributed by atoms with Gasteiger partial charge in [-0.1, -0.05) is 0 Å². The summed E-state index contributed by atoms with van der Waals surface area (Å²) in [7, 11) is 1.45. The Labute approximate surface area is 258 Å². The Hall–Kier alpha value is -3.26. The van der Waals surface area contributed by atoms with E-state index in [1.165, 1.54) is 7.11 Å². The monoisotopic (exact) mass is 637 g/mol. The third kappa shape index (κ3) is 5.91. The van der Waals surface area contributed by atoms with Crippen LogP contribution in [0.4, 0.5) is 17.6 Å². The average molecular weight is 638 g/mol. The third-order valence-electron chi connectivity index (χ3n) is 10.1. The number of halogens is 4. The number of pyridine rings is 1. The number of aliphatic hydroxyl groups is 1. The first-order valence-electron chi connectivity index (χ1n) is 15.7. The molecule has 4 fully saturated rings. The molecule has 4 aliphatic rings. The van der Waals surface area contributed by atoms with Crippen LogP contribution in [0, 0.1) is 18.7 Å². The molecule has 2 atom stereocenters. The van der Waals surface area contributed by atoms with Gasteiger partial charge < -0.3 is 24.8 Å². The molecule has 1 spiro atoms. The quantitative estimate of drug-likeness (QED) is 0.436. The molecule has 2 unspecified atom stereocenters. The minimum absolute atomic E-state index is 0.0450. The maximum Gasteiger partial charge on any atom is 0.417 e. The molecule has 0 aromatic carbocycles. The van der Waals surface area contributed by atoms with Crippen LogP contribution < -0.4 is 10.1 Å². The Morgan fingerprint density at radius 2 is 1.87 bits per heavy atom. The van der Waals surface area contributed by atoms with Gasteiger partial charge in [-0.05, 0) is 83.6 Å². The highest BCUT2D eigenvalue weighted by Crippen LogP contribution is 2.51. The summed E-state index contributed by atoms with van der Waals surface area (Å²) in [4.78, 5) is 33.0. The number of hydrogen-bond acceptors (Lipinski definition) is 7. The molecule has 2 aliphatic carbocycles. The molecule has 2 saturated heterocycles. The minimum Gasteiger partial charge on any atom is -0.481 e. The number of hydrogen-bond donors (Lipinski definition) is 2. The third-order valence-corrected chi connectivity index (χ3v) is 10.1. The summed E-state index contributed by atoms with van der Waals surface area (Å²) in [6, 6.07) is 1.15. The Bertz CT molecular complexity index is 1440. The van der Waals surface area contributed by atoms with Crippen molar-refractivity contribution in [2.45, 2.75) is 107 Å². The maximum absolute atomic E-state index is 15.3. The fourth-order valence-electron chi connectivity index (χ4n) is 7.24. The fourth-order valence-corrected chi connectivity index (χ4v) is 7.24. The molecule has 6 rings (SSSR count). The Morgan fingerprint density at radius 1 is 1.13 bits per heavy atom. The topological polar surface area (TPSA) is 119 Å². The summed E-state index contributed by atoms with van der Waals surface area (Å²) in [6.07, 6.45) is -0.150. The summed E-state index contributed by atoms with van der Waals surface area (Å²) < 4.78 is 67.7. The number of piperidine rings is 1. The highest BCUT2D eigenvalue weighted by molar-refractivity contribution is 5.95. The van der Waals surface area contributed by atoms with Crippen LogP contribution in [0.15, 0.2) is 12.3 Å². The molecule has 14 heteroatoms. The zero-order valence-electron chi connectivity index (χ0n) is 25.5. The van der Waals surface area contributed by atoms with Gasteiger partial charge in [0, 0.05) is 41.8 Å². The van der Waals surface area contributed by atoms with Crippen LogP contribution in [0.1, 0.15) is 92.9 Å². The Kier molecular flexibility index (Phi) is 8.34. The maximum atomic E-state index is 15.3. The van der Waals surface area contributed by atoms with Crippen molar-refractivity contribution >= 4 is 11.8 Å². The summed E-state index contributed by atoms with van der Waals surface area (Å²) >= 11 is 0. The van der Waals surface area contributed by atoms with Crippen LogP contribution >= 0.6 is 0 Å². The predicted octanol–water partition coefficient (Wildman–Crippen LogP) is 4.84. The number of likely N-dealkylation sites (tertiary alicyclic amines) is 1. The first-order valence-corrected chi connectivity index (χ1v) is 15.7. The predicted molar refractivity (Wildman–Crippen MR) is 153 cm³/mol. The van der Waals surface area contributed by atoms with E-state index in [0.717, 1.165) is 31.9 Å². The van der Waals surface area contributed by atoms with E-state index >= 15 is 4.39 Å². The molecular formula is C31H39F4N5O5. The van der Waals surface area contributed by atoms with E-state index in [9.17, 15) is 27.9 Å². The highest BCUT2D eigenvalue weighted by atomic mass is 19.4. The lowest BCUT2D eigenvalue weighted by Gasteiger charge is -2.41. The number of carbonyl (C=O) groups excluding carboxylic acids is 2. The molecule has 45 heavy (non-hydrogen) atoms. The number of methoxy groups -OCH3 is 1. The molecule has 2 amide bonds.